The highest BCUT2D eigenvalue weighted by Crippen LogP contribution is 2.43. The van der Waals surface area contributed by atoms with Crippen molar-refractivity contribution in [3.8, 4) is 0 Å². The second-order valence-electron chi connectivity index (χ2n) is 8.24. The zero-order chi connectivity index (χ0) is 22.7. The van der Waals surface area contributed by atoms with Crippen molar-refractivity contribution < 1.29 is 32.2 Å². The molecule has 0 N–H and O–H groups in total. The van der Waals surface area contributed by atoms with Crippen molar-refractivity contribution >= 4 is 11.8 Å². The lowest BCUT2D eigenvalue weighted by atomic mass is 9.68. The van der Waals surface area contributed by atoms with Gasteiger partial charge in [0.2, 0.25) is 0 Å². The van der Waals surface area contributed by atoms with Crippen LogP contribution >= 0.6 is 0 Å². The first kappa shape index (κ1) is 23.9. The van der Waals surface area contributed by atoms with Gasteiger partial charge in [-0.2, -0.15) is 13.2 Å². The lowest BCUT2D eigenvalue weighted by Crippen LogP contribution is -2.52. The Balaban J connectivity index is 2.27. The molecule has 1 aromatic rings. The minimum absolute atomic E-state index is 0.0412. The Morgan fingerprint density at radius 3 is 2.33 bits per heavy atom. The van der Waals surface area contributed by atoms with Gasteiger partial charge < -0.3 is 9.47 Å². The lowest BCUT2D eigenvalue weighted by Gasteiger charge is -2.36. The van der Waals surface area contributed by atoms with Crippen LogP contribution in [0.1, 0.15) is 39.7 Å². The van der Waals surface area contributed by atoms with E-state index in [0.717, 1.165) is 12.7 Å². The number of alkyl halides is 3. The summed E-state index contributed by atoms with van der Waals surface area (Å²) in [4.78, 5) is 24.5. The van der Waals surface area contributed by atoms with Gasteiger partial charge in [-0.05, 0) is 31.4 Å². The monoisotopic (exact) mass is 424 g/mol. The first-order chi connectivity index (χ1) is 13.8. The van der Waals surface area contributed by atoms with E-state index >= 15 is 0 Å². The fourth-order valence-electron chi connectivity index (χ4n) is 3.93. The molecular weight excluding hydrogens is 397 g/mol. The minimum Gasteiger partial charge on any atom is -0.456 e. The second-order valence-corrected chi connectivity index (χ2v) is 8.24. The van der Waals surface area contributed by atoms with Crippen molar-refractivity contribution in [2.75, 3.05) is 7.11 Å². The standard InChI is InChI=1S/C23H27F3O4/c1-15-13-18(27)14-21(3,4)19(15)12-11-16(2)30-20(28)22(29-5,23(24,25)26)17-9-7-6-8-10-17/h6-13,16,19H,14H2,1-5H3/b12-11+/t16-,19+,22-/m1/s1. The van der Waals surface area contributed by atoms with Gasteiger partial charge >= 0.3 is 12.1 Å². The summed E-state index contributed by atoms with van der Waals surface area (Å²) in [5, 5.41) is 0. The van der Waals surface area contributed by atoms with Crippen LogP contribution in [0.15, 0.2) is 54.1 Å². The molecular formula is C23H27F3O4. The number of rotatable bonds is 6. The van der Waals surface area contributed by atoms with E-state index in [4.69, 9.17) is 9.47 Å². The van der Waals surface area contributed by atoms with Gasteiger partial charge in [-0.15, -0.1) is 0 Å². The first-order valence-corrected chi connectivity index (χ1v) is 9.63. The summed E-state index contributed by atoms with van der Waals surface area (Å²) in [5.41, 5.74) is -3.06. The molecule has 0 bridgehead atoms. The summed E-state index contributed by atoms with van der Waals surface area (Å²) in [6.45, 7) is 7.21. The van der Waals surface area contributed by atoms with Crippen LogP contribution in [0.3, 0.4) is 0 Å². The van der Waals surface area contributed by atoms with Crippen molar-refractivity contribution in [1.82, 2.24) is 0 Å². The summed E-state index contributed by atoms with van der Waals surface area (Å²) in [7, 11) is 0.831. The Labute approximate surface area is 174 Å². The number of carbonyl (C=O) groups is 2. The van der Waals surface area contributed by atoms with Crippen LogP contribution in [0, 0.1) is 11.3 Å². The van der Waals surface area contributed by atoms with E-state index in [1.54, 1.807) is 24.3 Å². The minimum atomic E-state index is -5.02. The molecule has 0 aromatic heterocycles. The summed E-state index contributed by atoms with van der Waals surface area (Å²) in [6.07, 6.45) is -0.692. The topological polar surface area (TPSA) is 52.6 Å². The first-order valence-electron chi connectivity index (χ1n) is 9.63. The number of esters is 1. The largest absolute Gasteiger partial charge is 0.456 e. The number of allylic oxidation sites excluding steroid dienone is 3. The molecule has 0 saturated carbocycles. The molecule has 0 heterocycles. The molecule has 0 unspecified atom stereocenters. The smallest absolute Gasteiger partial charge is 0.432 e. The molecule has 3 atom stereocenters. The summed E-state index contributed by atoms with van der Waals surface area (Å²) in [5.74, 6) is -1.59. The number of ketones is 1. The molecule has 1 aliphatic carbocycles. The second kappa shape index (κ2) is 8.76. The molecule has 164 valence electrons. The highest BCUT2D eigenvalue weighted by molar-refractivity contribution is 5.92. The average molecular weight is 424 g/mol. The predicted molar refractivity (Wildman–Crippen MR) is 107 cm³/mol. The van der Waals surface area contributed by atoms with Crippen molar-refractivity contribution in [1.29, 1.82) is 0 Å². The van der Waals surface area contributed by atoms with Gasteiger partial charge in [0.25, 0.3) is 5.60 Å². The highest BCUT2D eigenvalue weighted by Gasteiger charge is 2.64. The van der Waals surface area contributed by atoms with Crippen molar-refractivity contribution in [3.63, 3.8) is 0 Å². The Hall–Kier alpha value is -2.41. The average Bonchev–Trinajstić information content (AvgIpc) is 2.60. The SMILES string of the molecule is CO[C@@](C(=O)O[C@H](C)/C=C/[C@H]1C(C)=CC(=O)CC1(C)C)(c1ccccc1)C(F)(F)F. The fourth-order valence-corrected chi connectivity index (χ4v) is 3.93. The van der Waals surface area contributed by atoms with Crippen LogP contribution < -0.4 is 0 Å². The Morgan fingerprint density at radius 2 is 1.83 bits per heavy atom. The van der Waals surface area contributed by atoms with Gasteiger partial charge in [0.05, 0.1) is 0 Å². The van der Waals surface area contributed by atoms with Gasteiger partial charge in [-0.3, -0.25) is 4.79 Å². The van der Waals surface area contributed by atoms with E-state index in [1.165, 1.54) is 31.2 Å². The molecule has 0 saturated heterocycles. The maximum Gasteiger partial charge on any atom is 0.432 e. The van der Waals surface area contributed by atoms with Crippen LogP contribution in [0.2, 0.25) is 0 Å². The van der Waals surface area contributed by atoms with Gasteiger partial charge in [0, 0.05) is 25.0 Å². The summed E-state index contributed by atoms with van der Waals surface area (Å²) >= 11 is 0. The Morgan fingerprint density at radius 1 is 1.23 bits per heavy atom. The number of hydrogen-bond acceptors (Lipinski definition) is 4. The zero-order valence-corrected chi connectivity index (χ0v) is 17.7. The molecule has 7 heteroatoms. The molecule has 0 spiro atoms. The van der Waals surface area contributed by atoms with E-state index < -0.39 is 23.9 Å². The van der Waals surface area contributed by atoms with Crippen LogP contribution in [0.25, 0.3) is 0 Å². The fraction of sp³-hybridized carbons (Fsp3) is 0.478. The Kier molecular flexibility index (Phi) is 6.97. The molecule has 2 rings (SSSR count). The molecule has 0 amide bonds. The number of methoxy groups -OCH3 is 1. The summed E-state index contributed by atoms with van der Waals surface area (Å²) in [6, 6.07) is 6.69. The van der Waals surface area contributed by atoms with Crippen LogP contribution in [0.4, 0.5) is 13.2 Å². The third kappa shape index (κ3) is 4.67. The molecule has 1 aromatic carbocycles. The third-order valence-corrected chi connectivity index (χ3v) is 5.39. The van der Waals surface area contributed by atoms with Crippen LogP contribution in [-0.2, 0) is 24.7 Å². The van der Waals surface area contributed by atoms with Crippen molar-refractivity contribution in [2.24, 2.45) is 11.3 Å². The highest BCUT2D eigenvalue weighted by atomic mass is 19.4. The van der Waals surface area contributed by atoms with Crippen LogP contribution in [0.5, 0.6) is 0 Å². The molecule has 4 nitrogen and oxygen atoms in total. The maximum absolute atomic E-state index is 13.9. The van der Waals surface area contributed by atoms with E-state index in [-0.39, 0.29) is 22.7 Å². The van der Waals surface area contributed by atoms with E-state index in [2.05, 4.69) is 0 Å². The molecule has 0 radical (unpaired) electrons. The summed E-state index contributed by atoms with van der Waals surface area (Å²) < 4.78 is 51.7. The normalized spacial score (nSPS) is 22.3. The van der Waals surface area contributed by atoms with Gasteiger partial charge in [-0.25, -0.2) is 4.79 Å². The van der Waals surface area contributed by atoms with Gasteiger partial charge in [0.15, 0.2) is 5.78 Å². The number of hydrogen-bond donors (Lipinski definition) is 0. The van der Waals surface area contributed by atoms with E-state index in [9.17, 15) is 22.8 Å². The maximum atomic E-state index is 13.9. The van der Waals surface area contributed by atoms with Crippen molar-refractivity contribution in [2.45, 2.75) is 52.0 Å². The number of carbonyl (C=O) groups excluding carboxylic acids is 2. The number of benzene rings is 1. The van der Waals surface area contributed by atoms with Crippen LogP contribution in [-0.4, -0.2) is 31.1 Å². The van der Waals surface area contributed by atoms with Gasteiger partial charge in [-0.1, -0.05) is 55.8 Å². The Bertz CT molecular complexity index is 840. The van der Waals surface area contributed by atoms with E-state index in [1.807, 2.05) is 20.8 Å². The molecule has 0 aliphatic heterocycles. The number of halogens is 3. The lowest BCUT2D eigenvalue weighted by molar-refractivity contribution is -0.277. The zero-order valence-electron chi connectivity index (χ0n) is 17.7. The quantitative estimate of drug-likeness (QED) is 0.469. The molecule has 0 fully saturated rings. The molecule has 1 aliphatic rings. The third-order valence-electron chi connectivity index (χ3n) is 5.39. The number of ether oxygens (including phenoxy) is 2. The predicted octanol–water partition coefficient (Wildman–Crippen LogP) is 5.14. The van der Waals surface area contributed by atoms with Crippen molar-refractivity contribution in [3.05, 3.63) is 59.7 Å². The van der Waals surface area contributed by atoms with Gasteiger partial charge in [0.1, 0.15) is 6.10 Å². The molecule has 30 heavy (non-hydrogen) atoms. The van der Waals surface area contributed by atoms with E-state index in [0.29, 0.717) is 6.42 Å².